The second kappa shape index (κ2) is 13.7. The molecule has 1 aromatic heterocycles. The van der Waals surface area contributed by atoms with Crippen LogP contribution < -0.4 is 10.1 Å². The molecule has 0 aliphatic rings. The minimum atomic E-state index is -0.212. The Hall–Kier alpha value is -3.78. The molecule has 1 N–H and O–H groups in total. The van der Waals surface area contributed by atoms with Crippen molar-refractivity contribution in [2.75, 3.05) is 18.5 Å². The van der Waals surface area contributed by atoms with Crippen LogP contribution >= 0.6 is 11.8 Å². The van der Waals surface area contributed by atoms with Crippen LogP contribution in [0.25, 0.3) is 11.4 Å². The van der Waals surface area contributed by atoms with Crippen LogP contribution in [0.1, 0.15) is 57.7 Å². The van der Waals surface area contributed by atoms with Gasteiger partial charge in [0.15, 0.2) is 11.0 Å². The van der Waals surface area contributed by atoms with Crippen LogP contribution in [0.15, 0.2) is 76.8 Å². The number of esters is 1. The summed E-state index contributed by atoms with van der Waals surface area (Å²) >= 11 is 1.57. The Labute approximate surface area is 247 Å². The van der Waals surface area contributed by atoms with Crippen LogP contribution in [0.2, 0.25) is 0 Å². The zero-order valence-corrected chi connectivity index (χ0v) is 25.7. The van der Waals surface area contributed by atoms with E-state index < -0.39 is 0 Å². The van der Waals surface area contributed by atoms with E-state index in [9.17, 15) is 4.79 Å². The summed E-state index contributed by atoms with van der Waals surface area (Å²) in [4.78, 5) is 12.8. The molecule has 0 aliphatic heterocycles. The summed E-state index contributed by atoms with van der Waals surface area (Å²) in [6.45, 7) is 12.2. The van der Waals surface area contributed by atoms with Gasteiger partial charge in [0.25, 0.3) is 0 Å². The number of rotatable bonds is 12. The fourth-order valence-corrected chi connectivity index (χ4v) is 5.10. The third-order valence-corrected chi connectivity index (χ3v) is 7.67. The summed E-state index contributed by atoms with van der Waals surface area (Å²) in [5.41, 5.74) is 5.40. The van der Waals surface area contributed by atoms with Crippen molar-refractivity contribution in [1.82, 2.24) is 14.8 Å². The number of nitrogens with zero attached hydrogens (tertiary/aromatic N) is 3. The van der Waals surface area contributed by atoms with E-state index in [-0.39, 0.29) is 17.8 Å². The van der Waals surface area contributed by atoms with Crippen molar-refractivity contribution in [3.05, 3.63) is 83.4 Å². The lowest BCUT2D eigenvalue weighted by atomic mass is 9.87. The van der Waals surface area contributed by atoms with Gasteiger partial charge in [0.1, 0.15) is 5.75 Å². The van der Waals surface area contributed by atoms with Gasteiger partial charge in [-0.3, -0.25) is 4.79 Å². The SMILES string of the molecule is CCCOc1cc(Sc2nnc(-c3ccc(C(C)(C)C)cc3)n2C)ccc1CNc1ccc(CC(=O)OCC)cc1. The van der Waals surface area contributed by atoms with Gasteiger partial charge in [0.2, 0.25) is 0 Å². The molecule has 0 unspecified atom stereocenters. The summed E-state index contributed by atoms with van der Waals surface area (Å²) in [5.74, 6) is 1.48. The van der Waals surface area contributed by atoms with Crippen molar-refractivity contribution in [3.8, 4) is 17.1 Å². The standard InChI is InChI=1S/C33H40N4O3S/c1-7-19-40-29-21-28(18-13-25(29)22-34-27-16-9-23(10-17-27)20-30(38)39-8-2)41-32-36-35-31(37(32)6)24-11-14-26(15-12-24)33(3,4)5/h9-18,21,34H,7-8,19-20,22H2,1-6H3. The van der Waals surface area contributed by atoms with Crippen LogP contribution in [-0.4, -0.2) is 33.9 Å². The summed E-state index contributed by atoms with van der Waals surface area (Å²) in [6.07, 6.45) is 1.20. The van der Waals surface area contributed by atoms with Crippen molar-refractivity contribution in [1.29, 1.82) is 0 Å². The van der Waals surface area contributed by atoms with E-state index in [4.69, 9.17) is 9.47 Å². The molecule has 0 aliphatic carbocycles. The van der Waals surface area contributed by atoms with E-state index in [1.165, 1.54) is 5.56 Å². The molecule has 1 heterocycles. The van der Waals surface area contributed by atoms with Crippen LogP contribution in [0.3, 0.4) is 0 Å². The zero-order valence-electron chi connectivity index (χ0n) is 24.9. The molecule has 0 saturated heterocycles. The first-order valence-electron chi connectivity index (χ1n) is 14.1. The van der Waals surface area contributed by atoms with Crippen molar-refractivity contribution in [2.45, 2.75) is 69.5 Å². The number of benzene rings is 3. The van der Waals surface area contributed by atoms with Gasteiger partial charge < -0.3 is 19.4 Å². The van der Waals surface area contributed by atoms with Gasteiger partial charge in [-0.25, -0.2) is 0 Å². The molecule has 3 aromatic carbocycles. The lowest BCUT2D eigenvalue weighted by Crippen LogP contribution is -2.10. The van der Waals surface area contributed by atoms with E-state index in [0.29, 0.717) is 19.8 Å². The van der Waals surface area contributed by atoms with Crippen LogP contribution in [0.4, 0.5) is 5.69 Å². The highest BCUT2D eigenvalue weighted by atomic mass is 32.2. The molecule has 7 nitrogen and oxygen atoms in total. The Balaban J connectivity index is 1.45. The Morgan fingerprint density at radius 3 is 2.37 bits per heavy atom. The van der Waals surface area contributed by atoms with E-state index in [1.54, 1.807) is 11.8 Å². The van der Waals surface area contributed by atoms with Gasteiger partial charge in [0.05, 0.1) is 19.6 Å². The van der Waals surface area contributed by atoms with E-state index in [1.807, 2.05) is 42.8 Å². The topological polar surface area (TPSA) is 78.3 Å². The second-order valence-corrected chi connectivity index (χ2v) is 12.0. The predicted molar refractivity (Wildman–Crippen MR) is 166 cm³/mol. The third-order valence-electron chi connectivity index (χ3n) is 6.64. The minimum absolute atomic E-state index is 0.106. The van der Waals surface area contributed by atoms with E-state index in [2.05, 4.69) is 85.7 Å². The first-order chi connectivity index (χ1) is 19.7. The lowest BCUT2D eigenvalue weighted by Gasteiger charge is -2.19. The fraction of sp³-hybridized carbons (Fsp3) is 0.364. The molecule has 4 aromatic rings. The molecular weight excluding hydrogens is 532 g/mol. The number of aromatic nitrogens is 3. The maximum absolute atomic E-state index is 11.7. The molecule has 216 valence electrons. The van der Waals surface area contributed by atoms with Gasteiger partial charge >= 0.3 is 5.97 Å². The molecule has 0 fully saturated rings. The predicted octanol–water partition coefficient (Wildman–Crippen LogP) is 7.44. The minimum Gasteiger partial charge on any atom is -0.493 e. The van der Waals surface area contributed by atoms with Gasteiger partial charge in [-0.05, 0) is 65.9 Å². The van der Waals surface area contributed by atoms with Gasteiger partial charge in [0, 0.05) is 35.3 Å². The largest absolute Gasteiger partial charge is 0.493 e. The maximum atomic E-state index is 11.7. The first kappa shape index (κ1) is 30.2. The van der Waals surface area contributed by atoms with Crippen LogP contribution in [-0.2, 0) is 35.0 Å². The van der Waals surface area contributed by atoms with Gasteiger partial charge in [-0.15, -0.1) is 10.2 Å². The highest BCUT2D eigenvalue weighted by Crippen LogP contribution is 2.33. The van der Waals surface area contributed by atoms with Gasteiger partial charge in [-0.1, -0.05) is 70.2 Å². The summed E-state index contributed by atoms with van der Waals surface area (Å²) < 4.78 is 13.2. The van der Waals surface area contributed by atoms with Gasteiger partial charge in [-0.2, -0.15) is 0 Å². The first-order valence-corrected chi connectivity index (χ1v) is 14.9. The fourth-order valence-electron chi connectivity index (χ4n) is 4.29. The second-order valence-electron chi connectivity index (χ2n) is 10.9. The van der Waals surface area contributed by atoms with Crippen LogP contribution in [0.5, 0.6) is 5.75 Å². The molecule has 0 radical (unpaired) electrons. The van der Waals surface area contributed by atoms with Crippen molar-refractivity contribution in [2.24, 2.45) is 7.05 Å². The molecule has 0 spiro atoms. The molecule has 8 heteroatoms. The Morgan fingerprint density at radius 2 is 1.71 bits per heavy atom. The number of nitrogens with one attached hydrogen (secondary N) is 1. The zero-order chi connectivity index (χ0) is 29.4. The average Bonchev–Trinajstić information content (AvgIpc) is 3.31. The Morgan fingerprint density at radius 1 is 0.976 bits per heavy atom. The number of hydrogen-bond acceptors (Lipinski definition) is 7. The smallest absolute Gasteiger partial charge is 0.310 e. The third kappa shape index (κ3) is 8.13. The highest BCUT2D eigenvalue weighted by molar-refractivity contribution is 7.99. The van der Waals surface area contributed by atoms with E-state index in [0.717, 1.165) is 50.4 Å². The van der Waals surface area contributed by atoms with Crippen LogP contribution in [0, 0.1) is 0 Å². The summed E-state index contributed by atoms with van der Waals surface area (Å²) in [6, 6.07) is 22.7. The number of anilines is 1. The average molecular weight is 573 g/mol. The quantitative estimate of drug-likeness (QED) is 0.177. The normalized spacial score (nSPS) is 11.4. The number of hydrogen-bond donors (Lipinski definition) is 1. The lowest BCUT2D eigenvalue weighted by molar-refractivity contribution is -0.142. The molecular formula is C33H40N4O3S. The molecule has 0 bridgehead atoms. The molecule has 0 amide bonds. The highest BCUT2D eigenvalue weighted by Gasteiger charge is 2.16. The Bertz CT molecular complexity index is 1440. The van der Waals surface area contributed by atoms with Crippen molar-refractivity contribution in [3.63, 3.8) is 0 Å². The molecule has 0 saturated carbocycles. The number of ether oxygens (including phenoxy) is 2. The van der Waals surface area contributed by atoms with Crippen molar-refractivity contribution < 1.29 is 14.3 Å². The summed E-state index contributed by atoms with van der Waals surface area (Å²) in [5, 5.41) is 13.2. The molecule has 41 heavy (non-hydrogen) atoms. The molecule has 4 rings (SSSR count). The monoisotopic (exact) mass is 572 g/mol. The number of carbonyl (C=O) groups excluding carboxylic acids is 1. The van der Waals surface area contributed by atoms with Crippen molar-refractivity contribution >= 4 is 23.4 Å². The Kier molecular flexibility index (Phi) is 10.1. The van der Waals surface area contributed by atoms with E-state index >= 15 is 0 Å². The molecule has 0 atom stereocenters. The maximum Gasteiger partial charge on any atom is 0.310 e. The summed E-state index contributed by atoms with van der Waals surface area (Å²) in [7, 11) is 2.00. The number of carbonyl (C=O) groups is 1.